The minimum absolute atomic E-state index is 0.0880. The number of carbonyl (C=O) groups is 2. The summed E-state index contributed by atoms with van der Waals surface area (Å²) in [6, 6.07) is 15.0. The maximum absolute atomic E-state index is 12.7. The summed E-state index contributed by atoms with van der Waals surface area (Å²) < 4.78 is 36.6. The number of nitrogens with zero attached hydrogens (tertiary/aromatic N) is 1. The van der Waals surface area contributed by atoms with Crippen LogP contribution >= 0.6 is 0 Å². The van der Waals surface area contributed by atoms with Gasteiger partial charge in [-0.3, -0.25) is 9.59 Å². The number of benzene rings is 1. The number of ether oxygens (including phenoxy) is 1. The van der Waals surface area contributed by atoms with Gasteiger partial charge in [-0.1, -0.05) is 30.3 Å². The van der Waals surface area contributed by atoms with Gasteiger partial charge in [-0.15, -0.1) is 0 Å². The maximum Gasteiger partial charge on any atom is 0.306 e. The molecule has 0 spiro atoms. The molecule has 2 aromatic heterocycles. The van der Waals surface area contributed by atoms with Gasteiger partial charge in [-0.2, -0.15) is 0 Å². The van der Waals surface area contributed by atoms with Crippen molar-refractivity contribution in [3.8, 4) is 11.3 Å². The molecule has 1 unspecified atom stereocenters. The number of furan rings is 1. The molecule has 7 nitrogen and oxygen atoms in total. The largest absolute Gasteiger partial charge is 0.461 e. The van der Waals surface area contributed by atoms with Crippen molar-refractivity contribution in [1.82, 2.24) is 4.57 Å². The molecule has 3 aromatic rings. The fraction of sp³-hybridized carbons (Fsp3) is 0.360. The fourth-order valence-electron chi connectivity index (χ4n) is 4.39. The summed E-state index contributed by atoms with van der Waals surface area (Å²) in [5.74, 6) is 0.888. The summed E-state index contributed by atoms with van der Waals surface area (Å²) >= 11 is 0. The summed E-state index contributed by atoms with van der Waals surface area (Å²) in [5, 5.41) is 0. The van der Waals surface area contributed by atoms with Crippen molar-refractivity contribution in [1.29, 1.82) is 0 Å². The molecular weight excluding hydrogens is 442 g/mol. The lowest BCUT2D eigenvalue weighted by Crippen LogP contribution is -2.17. The van der Waals surface area contributed by atoms with Crippen molar-refractivity contribution in [3.63, 3.8) is 0 Å². The van der Waals surface area contributed by atoms with E-state index in [9.17, 15) is 18.0 Å². The highest BCUT2D eigenvalue weighted by Gasteiger charge is 2.31. The molecule has 0 radical (unpaired) electrons. The molecule has 8 heteroatoms. The van der Waals surface area contributed by atoms with Gasteiger partial charge in [-0.25, -0.2) is 8.42 Å². The Labute approximate surface area is 193 Å². The third kappa shape index (κ3) is 5.27. The average Bonchev–Trinajstić information content (AvgIpc) is 3.48. The molecule has 0 saturated carbocycles. The number of aryl methyl sites for hydroxylation is 2. The molecule has 174 valence electrons. The van der Waals surface area contributed by atoms with Gasteiger partial charge in [0, 0.05) is 35.0 Å². The number of esters is 1. The molecule has 1 aromatic carbocycles. The number of carbonyl (C=O) groups excluding carboxylic acids is 2. The summed E-state index contributed by atoms with van der Waals surface area (Å²) in [7, 11) is -3.04. The maximum atomic E-state index is 12.7. The van der Waals surface area contributed by atoms with Crippen LogP contribution in [0.1, 0.15) is 46.4 Å². The molecule has 3 heterocycles. The van der Waals surface area contributed by atoms with Crippen LogP contribution in [0, 0.1) is 13.8 Å². The molecule has 0 N–H and O–H groups in total. The van der Waals surface area contributed by atoms with E-state index in [2.05, 4.69) is 0 Å². The second kappa shape index (κ2) is 9.39. The van der Waals surface area contributed by atoms with E-state index < -0.39 is 15.8 Å². The summed E-state index contributed by atoms with van der Waals surface area (Å²) in [6.45, 7) is 3.31. The topological polar surface area (TPSA) is 95.6 Å². The Hall–Kier alpha value is -3.13. The first-order valence-corrected chi connectivity index (χ1v) is 12.8. The zero-order chi connectivity index (χ0) is 23.6. The summed E-state index contributed by atoms with van der Waals surface area (Å²) in [6.07, 6.45) is 1.03. The van der Waals surface area contributed by atoms with Crippen molar-refractivity contribution in [2.24, 2.45) is 0 Å². The number of Topliss-reactive ketones (excluding diaryl/α,β-unsaturated/α-hetero) is 1. The van der Waals surface area contributed by atoms with Crippen LogP contribution < -0.4 is 0 Å². The van der Waals surface area contributed by atoms with E-state index >= 15 is 0 Å². The Bertz CT molecular complexity index is 1270. The van der Waals surface area contributed by atoms with E-state index in [4.69, 9.17) is 9.15 Å². The number of aromatic nitrogens is 1. The average molecular weight is 470 g/mol. The quantitative estimate of drug-likeness (QED) is 0.364. The van der Waals surface area contributed by atoms with Crippen molar-refractivity contribution < 1.29 is 27.2 Å². The van der Waals surface area contributed by atoms with Gasteiger partial charge in [-0.05, 0) is 38.5 Å². The highest BCUT2D eigenvalue weighted by Crippen LogP contribution is 2.29. The first kappa shape index (κ1) is 23.0. The van der Waals surface area contributed by atoms with Gasteiger partial charge in [0.15, 0.2) is 16.4 Å². The minimum Gasteiger partial charge on any atom is -0.461 e. The van der Waals surface area contributed by atoms with E-state index in [1.165, 1.54) is 0 Å². The Morgan fingerprint density at radius 2 is 1.88 bits per heavy atom. The molecule has 1 atom stereocenters. The number of rotatable bonds is 8. The van der Waals surface area contributed by atoms with Gasteiger partial charge in [0.1, 0.15) is 11.5 Å². The van der Waals surface area contributed by atoms with Crippen LogP contribution in [0.5, 0.6) is 0 Å². The predicted octanol–water partition coefficient (Wildman–Crippen LogP) is 4.08. The van der Waals surface area contributed by atoms with E-state index in [1.807, 2.05) is 54.0 Å². The lowest BCUT2D eigenvalue weighted by molar-refractivity contribution is -0.142. The SMILES string of the molecule is Cc1cc(C(=O)COC(=O)CCc2ccc(-c3ccccc3)o2)c(C)n1C1CCS(=O)(=O)C1. The van der Waals surface area contributed by atoms with Gasteiger partial charge in [0.05, 0.1) is 17.9 Å². The molecule has 0 bridgehead atoms. The lowest BCUT2D eigenvalue weighted by Gasteiger charge is -2.16. The van der Waals surface area contributed by atoms with Crippen LogP contribution in [0.4, 0.5) is 0 Å². The van der Waals surface area contributed by atoms with Crippen LogP contribution in [-0.4, -0.2) is 42.9 Å². The number of sulfone groups is 1. The number of hydrogen-bond donors (Lipinski definition) is 0. The minimum atomic E-state index is -3.04. The van der Waals surface area contributed by atoms with Gasteiger partial charge < -0.3 is 13.7 Å². The van der Waals surface area contributed by atoms with Gasteiger partial charge in [0.25, 0.3) is 0 Å². The normalized spacial score (nSPS) is 17.2. The van der Waals surface area contributed by atoms with Crippen LogP contribution in [0.3, 0.4) is 0 Å². The molecule has 4 rings (SSSR count). The third-order valence-electron chi connectivity index (χ3n) is 6.02. The molecule has 1 aliphatic rings. The Balaban J connectivity index is 1.31. The van der Waals surface area contributed by atoms with Gasteiger partial charge in [0.2, 0.25) is 5.78 Å². The summed E-state index contributed by atoms with van der Waals surface area (Å²) in [5.41, 5.74) is 2.96. The van der Waals surface area contributed by atoms with Crippen LogP contribution in [0.15, 0.2) is 52.9 Å². The zero-order valence-corrected chi connectivity index (χ0v) is 19.6. The monoisotopic (exact) mass is 469 g/mol. The highest BCUT2D eigenvalue weighted by atomic mass is 32.2. The molecule has 0 amide bonds. The van der Waals surface area contributed by atoms with Crippen molar-refractivity contribution in [3.05, 3.63) is 71.2 Å². The van der Waals surface area contributed by atoms with E-state index in [1.54, 1.807) is 13.0 Å². The Morgan fingerprint density at radius 3 is 2.58 bits per heavy atom. The van der Waals surface area contributed by atoms with E-state index in [-0.39, 0.29) is 36.4 Å². The molecule has 1 aliphatic heterocycles. The predicted molar refractivity (Wildman–Crippen MR) is 124 cm³/mol. The van der Waals surface area contributed by atoms with Crippen LogP contribution in [0.2, 0.25) is 0 Å². The molecule has 33 heavy (non-hydrogen) atoms. The second-order valence-corrected chi connectivity index (χ2v) is 10.7. The smallest absolute Gasteiger partial charge is 0.306 e. The molecule has 1 saturated heterocycles. The number of ketones is 1. The van der Waals surface area contributed by atoms with Crippen molar-refractivity contribution in [2.45, 2.75) is 39.2 Å². The standard InChI is InChI=1S/C25H27NO6S/c1-17-14-22(18(2)26(17)20-12-13-33(29,30)16-20)23(27)15-31-25(28)11-9-21-8-10-24(32-21)19-6-4-3-5-7-19/h3-8,10,14,20H,9,11-13,15-16H2,1-2H3. The Morgan fingerprint density at radius 1 is 1.12 bits per heavy atom. The van der Waals surface area contributed by atoms with Gasteiger partial charge >= 0.3 is 5.97 Å². The number of hydrogen-bond acceptors (Lipinski definition) is 6. The summed E-state index contributed by atoms with van der Waals surface area (Å²) in [4.78, 5) is 24.9. The molecule has 1 fully saturated rings. The lowest BCUT2D eigenvalue weighted by atomic mass is 10.1. The van der Waals surface area contributed by atoms with Crippen molar-refractivity contribution in [2.75, 3.05) is 18.1 Å². The first-order valence-electron chi connectivity index (χ1n) is 11.0. The zero-order valence-electron chi connectivity index (χ0n) is 18.7. The Kier molecular flexibility index (Phi) is 6.56. The van der Waals surface area contributed by atoms with Crippen LogP contribution in [-0.2, 0) is 25.8 Å². The van der Waals surface area contributed by atoms with Crippen molar-refractivity contribution >= 4 is 21.6 Å². The molecular formula is C25H27NO6S. The van der Waals surface area contributed by atoms with E-state index in [0.29, 0.717) is 29.9 Å². The van der Waals surface area contributed by atoms with E-state index in [0.717, 1.165) is 17.0 Å². The van der Waals surface area contributed by atoms with Crippen LogP contribution in [0.25, 0.3) is 11.3 Å². The third-order valence-corrected chi connectivity index (χ3v) is 7.77. The highest BCUT2D eigenvalue weighted by molar-refractivity contribution is 7.91. The first-order chi connectivity index (χ1) is 15.7. The fourth-order valence-corrected chi connectivity index (χ4v) is 6.09. The molecule has 0 aliphatic carbocycles. The second-order valence-electron chi connectivity index (χ2n) is 8.43.